The topological polar surface area (TPSA) is 32.3 Å². The summed E-state index contributed by atoms with van der Waals surface area (Å²) in [5, 5.41) is 12.8. The van der Waals surface area contributed by atoms with E-state index < -0.39 is 0 Å². The maximum absolute atomic E-state index is 9.32. The van der Waals surface area contributed by atoms with E-state index in [-0.39, 0.29) is 6.10 Å². The van der Waals surface area contributed by atoms with Crippen molar-refractivity contribution >= 4 is 0 Å². The van der Waals surface area contributed by atoms with E-state index in [9.17, 15) is 5.11 Å². The maximum Gasteiger partial charge on any atom is 0.0550 e. The van der Waals surface area contributed by atoms with Crippen LogP contribution in [-0.2, 0) is 0 Å². The van der Waals surface area contributed by atoms with E-state index in [1.807, 2.05) is 0 Å². The zero-order valence-electron chi connectivity index (χ0n) is 8.18. The van der Waals surface area contributed by atoms with Crippen molar-refractivity contribution < 1.29 is 5.11 Å². The van der Waals surface area contributed by atoms with Crippen LogP contribution in [0.4, 0.5) is 0 Å². The van der Waals surface area contributed by atoms with Crippen molar-refractivity contribution in [3.63, 3.8) is 0 Å². The summed E-state index contributed by atoms with van der Waals surface area (Å²) in [6, 6.07) is 0. The van der Waals surface area contributed by atoms with E-state index in [0.717, 1.165) is 12.8 Å². The summed E-state index contributed by atoms with van der Waals surface area (Å²) in [6.45, 7) is 2.44. The van der Waals surface area contributed by atoms with E-state index in [2.05, 4.69) is 5.32 Å². The molecule has 0 amide bonds. The van der Waals surface area contributed by atoms with Crippen LogP contribution in [0.2, 0.25) is 0 Å². The van der Waals surface area contributed by atoms with Crippen LogP contribution in [0.5, 0.6) is 0 Å². The Hall–Kier alpha value is -0.0800. The van der Waals surface area contributed by atoms with E-state index in [1.54, 1.807) is 0 Å². The second kappa shape index (κ2) is 2.48. The predicted molar refractivity (Wildman–Crippen MR) is 51.4 cm³/mol. The number of hydrogen-bond acceptors (Lipinski definition) is 2. The predicted octanol–water partition coefficient (Wildman–Crippen LogP) is 1.29. The first-order valence-electron chi connectivity index (χ1n) is 5.61. The van der Waals surface area contributed by atoms with Crippen LogP contribution < -0.4 is 5.32 Å². The highest BCUT2D eigenvalue weighted by Crippen LogP contribution is 2.67. The lowest BCUT2D eigenvalue weighted by molar-refractivity contribution is -0.163. The molecule has 1 aliphatic heterocycles. The fourth-order valence-corrected chi connectivity index (χ4v) is 4.08. The quantitative estimate of drug-likeness (QED) is 0.590. The van der Waals surface area contributed by atoms with Crippen LogP contribution in [0, 0.1) is 10.8 Å². The number of aliphatic hydroxyl groups excluding tert-OH is 1. The van der Waals surface area contributed by atoms with Gasteiger partial charge in [-0.3, -0.25) is 0 Å². The molecule has 2 nitrogen and oxygen atoms in total. The largest absolute Gasteiger partial charge is 0.393 e. The molecule has 0 atom stereocenters. The van der Waals surface area contributed by atoms with Crippen molar-refractivity contribution in [2.24, 2.45) is 10.8 Å². The molecule has 3 rings (SSSR count). The monoisotopic (exact) mass is 181 g/mol. The van der Waals surface area contributed by atoms with Gasteiger partial charge in [0.05, 0.1) is 6.10 Å². The Morgan fingerprint density at radius 3 is 2.15 bits per heavy atom. The lowest BCUT2D eigenvalue weighted by Gasteiger charge is -2.64. The zero-order chi connectivity index (χ0) is 8.94. The Labute approximate surface area is 79.7 Å². The maximum atomic E-state index is 9.32. The number of rotatable bonds is 0. The highest BCUT2D eigenvalue weighted by atomic mass is 16.3. The van der Waals surface area contributed by atoms with E-state index in [4.69, 9.17) is 0 Å². The third-order valence-corrected chi connectivity index (χ3v) is 4.50. The second-order valence-corrected chi connectivity index (χ2v) is 5.67. The van der Waals surface area contributed by atoms with Crippen LogP contribution in [0.15, 0.2) is 0 Å². The SMILES string of the molecule is OC1CC2(C1)CC1(CCNCC1)C2. The molecule has 0 aromatic rings. The minimum atomic E-state index is 0.0408. The normalized spacial score (nSPS) is 35.8. The van der Waals surface area contributed by atoms with Crippen molar-refractivity contribution in [2.45, 2.75) is 44.6 Å². The van der Waals surface area contributed by atoms with Gasteiger partial charge in [0.1, 0.15) is 0 Å². The molecule has 3 fully saturated rings. The van der Waals surface area contributed by atoms with Crippen LogP contribution in [0.25, 0.3) is 0 Å². The van der Waals surface area contributed by atoms with Crippen molar-refractivity contribution in [1.82, 2.24) is 5.32 Å². The fraction of sp³-hybridized carbons (Fsp3) is 1.00. The first-order chi connectivity index (χ1) is 6.22. The van der Waals surface area contributed by atoms with E-state index in [1.165, 1.54) is 38.8 Å². The summed E-state index contributed by atoms with van der Waals surface area (Å²) in [5.74, 6) is 0. The molecule has 1 heterocycles. The molecular formula is C11H19NO. The molecule has 2 N–H and O–H groups in total. The molecule has 0 aromatic carbocycles. The van der Waals surface area contributed by atoms with Crippen LogP contribution >= 0.6 is 0 Å². The molecule has 3 aliphatic rings. The Morgan fingerprint density at radius 1 is 1.00 bits per heavy atom. The van der Waals surface area contributed by atoms with Crippen molar-refractivity contribution in [2.75, 3.05) is 13.1 Å². The summed E-state index contributed by atoms with van der Waals surface area (Å²) in [7, 11) is 0. The number of aliphatic hydroxyl groups is 1. The van der Waals surface area contributed by atoms with Gasteiger partial charge in [-0.25, -0.2) is 0 Å². The highest BCUT2D eigenvalue weighted by Gasteiger charge is 2.59. The van der Waals surface area contributed by atoms with Crippen molar-refractivity contribution in [1.29, 1.82) is 0 Å². The van der Waals surface area contributed by atoms with Crippen LogP contribution in [0.3, 0.4) is 0 Å². The Kier molecular flexibility index (Phi) is 1.58. The summed E-state index contributed by atoms with van der Waals surface area (Å²) >= 11 is 0. The fourth-order valence-electron chi connectivity index (χ4n) is 4.08. The molecular weight excluding hydrogens is 162 g/mol. The average molecular weight is 181 g/mol. The molecule has 13 heavy (non-hydrogen) atoms. The van der Waals surface area contributed by atoms with Crippen molar-refractivity contribution in [3.8, 4) is 0 Å². The Morgan fingerprint density at radius 2 is 1.62 bits per heavy atom. The molecule has 1 saturated heterocycles. The molecule has 2 heteroatoms. The number of nitrogens with one attached hydrogen (secondary N) is 1. The third kappa shape index (κ3) is 1.15. The minimum Gasteiger partial charge on any atom is -0.393 e. The average Bonchev–Trinajstić information content (AvgIpc) is 2.01. The molecule has 0 radical (unpaired) electrons. The highest BCUT2D eigenvalue weighted by molar-refractivity contribution is 5.10. The molecule has 74 valence electrons. The van der Waals surface area contributed by atoms with Crippen LogP contribution in [0.1, 0.15) is 38.5 Å². The lowest BCUT2D eigenvalue weighted by atomic mass is 9.42. The molecule has 0 bridgehead atoms. The molecule has 2 saturated carbocycles. The lowest BCUT2D eigenvalue weighted by Crippen LogP contribution is -2.58. The Balaban J connectivity index is 1.61. The number of hydrogen-bond donors (Lipinski definition) is 2. The van der Waals surface area contributed by atoms with Gasteiger partial charge in [-0.1, -0.05) is 0 Å². The third-order valence-electron chi connectivity index (χ3n) is 4.50. The van der Waals surface area contributed by atoms with Crippen LogP contribution in [-0.4, -0.2) is 24.3 Å². The van der Waals surface area contributed by atoms with Gasteiger partial charge in [0.15, 0.2) is 0 Å². The van der Waals surface area contributed by atoms with Gasteiger partial charge in [0.2, 0.25) is 0 Å². The second-order valence-electron chi connectivity index (χ2n) is 5.67. The van der Waals surface area contributed by atoms with Gasteiger partial charge < -0.3 is 10.4 Å². The van der Waals surface area contributed by atoms with Crippen molar-refractivity contribution in [3.05, 3.63) is 0 Å². The summed E-state index contributed by atoms with van der Waals surface area (Å²) in [6.07, 6.45) is 7.83. The van der Waals surface area contributed by atoms with Gasteiger partial charge in [-0.15, -0.1) is 0 Å². The standard InChI is InChI=1S/C11H19NO/c13-9-5-11(6-9)7-10(8-11)1-3-12-4-2-10/h9,12-13H,1-8H2. The zero-order valence-corrected chi connectivity index (χ0v) is 8.18. The molecule has 0 unspecified atom stereocenters. The smallest absolute Gasteiger partial charge is 0.0550 e. The van der Waals surface area contributed by atoms with E-state index in [0.29, 0.717) is 10.8 Å². The first kappa shape index (κ1) is 8.25. The molecule has 2 spiro atoms. The van der Waals surface area contributed by atoms with Gasteiger partial charge in [-0.05, 0) is 62.4 Å². The van der Waals surface area contributed by atoms with Gasteiger partial charge >= 0.3 is 0 Å². The van der Waals surface area contributed by atoms with Gasteiger partial charge in [0.25, 0.3) is 0 Å². The first-order valence-corrected chi connectivity index (χ1v) is 5.61. The molecule has 0 aromatic heterocycles. The summed E-state index contributed by atoms with van der Waals surface area (Å²) in [5.41, 5.74) is 1.31. The van der Waals surface area contributed by atoms with Gasteiger partial charge in [-0.2, -0.15) is 0 Å². The van der Waals surface area contributed by atoms with E-state index >= 15 is 0 Å². The summed E-state index contributed by atoms with van der Waals surface area (Å²) in [4.78, 5) is 0. The summed E-state index contributed by atoms with van der Waals surface area (Å²) < 4.78 is 0. The minimum absolute atomic E-state index is 0.0408. The Bertz CT molecular complexity index is 204. The van der Waals surface area contributed by atoms with Gasteiger partial charge in [0, 0.05) is 0 Å². The number of piperidine rings is 1. The molecule has 2 aliphatic carbocycles.